The maximum atomic E-state index is 12.6. The molecule has 3 aromatic rings. The molecule has 150 valence electrons. The van der Waals surface area contributed by atoms with E-state index in [1.165, 1.54) is 18.2 Å². The highest BCUT2D eigenvalue weighted by molar-refractivity contribution is 7.92. The van der Waals surface area contributed by atoms with E-state index in [0.29, 0.717) is 29.4 Å². The van der Waals surface area contributed by atoms with Gasteiger partial charge in [-0.2, -0.15) is 0 Å². The number of hydrogen-bond acceptors (Lipinski definition) is 7. The largest absolute Gasteiger partial charge is 0.477 e. The van der Waals surface area contributed by atoms with E-state index in [-0.39, 0.29) is 10.6 Å². The molecular weight excluding hydrogens is 396 g/mol. The van der Waals surface area contributed by atoms with Gasteiger partial charge in [-0.3, -0.25) is 14.8 Å². The third kappa shape index (κ3) is 5.05. The van der Waals surface area contributed by atoms with Crippen molar-refractivity contribution >= 4 is 21.4 Å². The lowest BCUT2D eigenvalue weighted by Crippen LogP contribution is -2.13. The van der Waals surface area contributed by atoms with Gasteiger partial charge < -0.3 is 4.74 Å². The molecule has 10 heteroatoms. The SMILES string of the molecule is CCCOc1ccc(-c2cccc(NS(=O)(=O)c3cccc([N+](=O)[O-])c3)c2)nn1. The van der Waals surface area contributed by atoms with Crippen molar-refractivity contribution in [3.05, 3.63) is 70.8 Å². The zero-order chi connectivity index (χ0) is 20.9. The van der Waals surface area contributed by atoms with Crippen LogP contribution in [0.1, 0.15) is 13.3 Å². The van der Waals surface area contributed by atoms with E-state index in [1.807, 2.05) is 6.92 Å². The molecule has 0 amide bonds. The molecule has 0 atom stereocenters. The average molecular weight is 414 g/mol. The second kappa shape index (κ2) is 8.65. The molecule has 0 spiro atoms. The third-order valence-electron chi connectivity index (χ3n) is 3.84. The molecule has 0 saturated heterocycles. The van der Waals surface area contributed by atoms with Crippen LogP contribution in [0.2, 0.25) is 0 Å². The fourth-order valence-corrected chi connectivity index (χ4v) is 3.57. The monoisotopic (exact) mass is 414 g/mol. The van der Waals surface area contributed by atoms with E-state index >= 15 is 0 Å². The first-order valence-corrected chi connectivity index (χ1v) is 10.2. The highest BCUT2D eigenvalue weighted by atomic mass is 32.2. The summed E-state index contributed by atoms with van der Waals surface area (Å²) in [7, 11) is -4.00. The summed E-state index contributed by atoms with van der Waals surface area (Å²) in [6.45, 7) is 2.53. The molecule has 9 nitrogen and oxygen atoms in total. The van der Waals surface area contributed by atoms with Crippen molar-refractivity contribution in [3.8, 4) is 17.1 Å². The Balaban J connectivity index is 1.82. The summed E-state index contributed by atoms with van der Waals surface area (Å²) >= 11 is 0. The lowest BCUT2D eigenvalue weighted by Gasteiger charge is -2.09. The third-order valence-corrected chi connectivity index (χ3v) is 5.22. The lowest BCUT2D eigenvalue weighted by atomic mass is 10.1. The normalized spacial score (nSPS) is 11.1. The van der Waals surface area contributed by atoms with Crippen molar-refractivity contribution in [2.24, 2.45) is 0 Å². The van der Waals surface area contributed by atoms with E-state index in [1.54, 1.807) is 36.4 Å². The molecule has 0 aliphatic heterocycles. The van der Waals surface area contributed by atoms with E-state index in [2.05, 4.69) is 14.9 Å². The number of ether oxygens (including phenoxy) is 1. The van der Waals surface area contributed by atoms with Gasteiger partial charge in [0.25, 0.3) is 15.7 Å². The summed E-state index contributed by atoms with van der Waals surface area (Å²) in [6.07, 6.45) is 0.857. The molecule has 3 rings (SSSR count). The van der Waals surface area contributed by atoms with Crippen LogP contribution in [0.15, 0.2) is 65.6 Å². The Labute approximate surface area is 167 Å². The van der Waals surface area contributed by atoms with Crippen LogP contribution in [0.5, 0.6) is 5.88 Å². The zero-order valence-corrected chi connectivity index (χ0v) is 16.3. The number of rotatable bonds is 8. The number of sulfonamides is 1. The Bertz CT molecular complexity index is 1120. The Morgan fingerprint density at radius 1 is 1.07 bits per heavy atom. The minimum absolute atomic E-state index is 0.200. The minimum atomic E-state index is -4.00. The standard InChI is InChI=1S/C19H18N4O5S/c1-2-11-28-19-10-9-18(20-21-19)14-5-3-6-15(12-14)22-29(26,27)17-8-4-7-16(13-17)23(24)25/h3-10,12-13,22H,2,11H2,1H3. The minimum Gasteiger partial charge on any atom is -0.477 e. The van der Waals surface area contributed by atoms with Gasteiger partial charge in [-0.05, 0) is 30.7 Å². The van der Waals surface area contributed by atoms with Gasteiger partial charge in [0.15, 0.2) is 0 Å². The molecule has 29 heavy (non-hydrogen) atoms. The Kier molecular flexibility index (Phi) is 6.03. The van der Waals surface area contributed by atoms with Crippen molar-refractivity contribution in [1.29, 1.82) is 0 Å². The molecule has 0 radical (unpaired) electrons. The highest BCUT2D eigenvalue weighted by Gasteiger charge is 2.18. The molecule has 0 fully saturated rings. The summed E-state index contributed by atoms with van der Waals surface area (Å²) in [5, 5.41) is 19.0. The van der Waals surface area contributed by atoms with Gasteiger partial charge in [-0.1, -0.05) is 25.1 Å². The number of hydrogen-bond donors (Lipinski definition) is 1. The molecule has 0 aliphatic rings. The molecular formula is C19H18N4O5S. The van der Waals surface area contributed by atoms with Crippen molar-refractivity contribution < 1.29 is 18.1 Å². The topological polar surface area (TPSA) is 124 Å². The van der Waals surface area contributed by atoms with E-state index < -0.39 is 14.9 Å². The van der Waals surface area contributed by atoms with Gasteiger partial charge >= 0.3 is 0 Å². The van der Waals surface area contributed by atoms with Crippen molar-refractivity contribution in [3.63, 3.8) is 0 Å². The number of anilines is 1. The van der Waals surface area contributed by atoms with Crippen LogP contribution in [0, 0.1) is 10.1 Å². The smallest absolute Gasteiger partial charge is 0.270 e. The summed E-state index contributed by atoms with van der Waals surface area (Å²) in [5.74, 6) is 0.415. The second-order valence-electron chi connectivity index (χ2n) is 6.05. The Morgan fingerprint density at radius 2 is 1.86 bits per heavy atom. The predicted molar refractivity (Wildman–Crippen MR) is 107 cm³/mol. The molecule has 0 bridgehead atoms. The number of nitrogens with zero attached hydrogens (tertiary/aromatic N) is 3. The number of nitrogens with one attached hydrogen (secondary N) is 1. The summed E-state index contributed by atoms with van der Waals surface area (Å²) in [4.78, 5) is 10.0. The van der Waals surface area contributed by atoms with Gasteiger partial charge in [-0.25, -0.2) is 8.42 Å². The Hall–Kier alpha value is -3.53. The van der Waals surface area contributed by atoms with E-state index in [0.717, 1.165) is 12.5 Å². The van der Waals surface area contributed by atoms with Crippen molar-refractivity contribution in [1.82, 2.24) is 10.2 Å². The molecule has 1 heterocycles. The summed E-state index contributed by atoms with van der Waals surface area (Å²) in [6, 6.07) is 14.9. The Morgan fingerprint density at radius 3 is 2.55 bits per heavy atom. The molecule has 1 N–H and O–H groups in total. The average Bonchev–Trinajstić information content (AvgIpc) is 2.72. The van der Waals surface area contributed by atoms with E-state index in [9.17, 15) is 18.5 Å². The van der Waals surface area contributed by atoms with Crippen LogP contribution in [-0.2, 0) is 10.0 Å². The summed E-state index contributed by atoms with van der Waals surface area (Å²) < 4.78 is 33.0. The van der Waals surface area contributed by atoms with Crippen LogP contribution >= 0.6 is 0 Å². The quantitative estimate of drug-likeness (QED) is 0.441. The van der Waals surface area contributed by atoms with Gasteiger partial charge in [0.05, 0.1) is 22.1 Å². The second-order valence-corrected chi connectivity index (χ2v) is 7.73. The first-order chi connectivity index (χ1) is 13.9. The number of benzene rings is 2. The number of nitro groups is 1. The van der Waals surface area contributed by atoms with Crippen LogP contribution < -0.4 is 9.46 Å². The maximum Gasteiger partial charge on any atom is 0.270 e. The molecule has 0 saturated carbocycles. The fraction of sp³-hybridized carbons (Fsp3) is 0.158. The number of non-ortho nitro benzene ring substituents is 1. The fourth-order valence-electron chi connectivity index (χ4n) is 2.48. The molecule has 0 aliphatic carbocycles. The van der Waals surface area contributed by atoms with Crippen LogP contribution in [0.25, 0.3) is 11.3 Å². The van der Waals surface area contributed by atoms with Gasteiger partial charge in [0.2, 0.25) is 5.88 Å². The number of nitro benzene ring substituents is 1. The summed E-state index contributed by atoms with van der Waals surface area (Å²) in [5.41, 5.74) is 1.19. The van der Waals surface area contributed by atoms with E-state index in [4.69, 9.17) is 4.74 Å². The van der Waals surface area contributed by atoms with Gasteiger partial charge in [0, 0.05) is 29.4 Å². The van der Waals surface area contributed by atoms with Crippen LogP contribution in [0.3, 0.4) is 0 Å². The predicted octanol–water partition coefficient (Wildman–Crippen LogP) is 3.64. The van der Waals surface area contributed by atoms with Crippen LogP contribution in [0.4, 0.5) is 11.4 Å². The zero-order valence-electron chi connectivity index (χ0n) is 15.5. The number of aromatic nitrogens is 2. The van der Waals surface area contributed by atoms with Gasteiger partial charge in [0.1, 0.15) is 0 Å². The highest BCUT2D eigenvalue weighted by Crippen LogP contribution is 2.24. The molecule has 1 aromatic heterocycles. The maximum absolute atomic E-state index is 12.6. The lowest BCUT2D eigenvalue weighted by molar-refractivity contribution is -0.385. The molecule has 2 aromatic carbocycles. The first kappa shape index (κ1) is 20.2. The van der Waals surface area contributed by atoms with Crippen molar-refractivity contribution in [2.75, 3.05) is 11.3 Å². The van der Waals surface area contributed by atoms with Crippen molar-refractivity contribution in [2.45, 2.75) is 18.2 Å². The van der Waals surface area contributed by atoms with Gasteiger partial charge in [-0.15, -0.1) is 10.2 Å². The molecule has 0 unspecified atom stereocenters. The van der Waals surface area contributed by atoms with Crippen LogP contribution in [-0.4, -0.2) is 30.1 Å². The first-order valence-electron chi connectivity index (χ1n) is 8.73.